The Balaban J connectivity index is 1.52. The van der Waals surface area contributed by atoms with Crippen LogP contribution in [0.25, 0.3) is 0 Å². The van der Waals surface area contributed by atoms with Crippen LogP contribution in [-0.2, 0) is 4.79 Å². The van der Waals surface area contributed by atoms with E-state index in [1.165, 1.54) is 36.4 Å². The van der Waals surface area contributed by atoms with Crippen molar-refractivity contribution >= 4 is 11.7 Å². The van der Waals surface area contributed by atoms with Crippen molar-refractivity contribution in [2.24, 2.45) is 0 Å². The molecule has 176 valence electrons. The summed E-state index contributed by atoms with van der Waals surface area (Å²) in [7, 11) is 0. The van der Waals surface area contributed by atoms with E-state index in [1.807, 2.05) is 24.3 Å². The van der Waals surface area contributed by atoms with Gasteiger partial charge in [0, 0.05) is 18.5 Å². The molecule has 1 amide bonds. The highest BCUT2D eigenvalue weighted by Crippen LogP contribution is 2.46. The van der Waals surface area contributed by atoms with Gasteiger partial charge in [-0.1, -0.05) is 37.6 Å². The zero-order valence-corrected chi connectivity index (χ0v) is 19.0. The fourth-order valence-corrected chi connectivity index (χ4v) is 4.26. The van der Waals surface area contributed by atoms with E-state index in [0.29, 0.717) is 12.2 Å². The van der Waals surface area contributed by atoms with E-state index in [4.69, 9.17) is 4.74 Å². The molecule has 0 spiro atoms. The molecule has 0 aromatic heterocycles. The van der Waals surface area contributed by atoms with Crippen molar-refractivity contribution in [2.75, 3.05) is 13.2 Å². The first kappa shape index (κ1) is 23.6. The predicted octanol–water partition coefficient (Wildman–Crippen LogP) is 6.08. The number of ketones is 1. The molecular formula is C28H27F2NO3. The van der Waals surface area contributed by atoms with Crippen LogP contribution >= 0.6 is 0 Å². The largest absolute Gasteiger partial charge is 0.494 e. The molecule has 1 heterocycles. The number of nitrogens with zero attached hydrogens (tertiary/aromatic N) is 1. The van der Waals surface area contributed by atoms with E-state index in [9.17, 15) is 18.4 Å². The van der Waals surface area contributed by atoms with Crippen LogP contribution in [-0.4, -0.2) is 29.7 Å². The molecule has 6 heteroatoms. The fraction of sp³-hybridized carbons (Fsp3) is 0.286. The molecule has 0 N–H and O–H groups in total. The number of Topliss-reactive ketones (excluding diaryl/α,β-unsaturated/α-hetero) is 1. The molecule has 4 rings (SSSR count). The summed E-state index contributed by atoms with van der Waals surface area (Å²) in [6, 6.07) is 18.7. The summed E-state index contributed by atoms with van der Waals surface area (Å²) < 4.78 is 32.4. The van der Waals surface area contributed by atoms with Gasteiger partial charge in [0.05, 0.1) is 18.6 Å². The molecule has 2 atom stereocenters. The lowest BCUT2D eigenvalue weighted by Crippen LogP contribution is -2.53. The lowest BCUT2D eigenvalue weighted by atomic mass is 9.77. The van der Waals surface area contributed by atoms with Gasteiger partial charge in [-0.2, -0.15) is 0 Å². The fourth-order valence-electron chi connectivity index (χ4n) is 4.26. The molecule has 0 unspecified atom stereocenters. The zero-order valence-electron chi connectivity index (χ0n) is 19.0. The van der Waals surface area contributed by atoms with Crippen molar-refractivity contribution in [1.29, 1.82) is 0 Å². The lowest BCUT2D eigenvalue weighted by molar-refractivity contribution is -0.150. The number of carbonyl (C=O) groups excluding carboxylic acids is 2. The van der Waals surface area contributed by atoms with E-state index in [0.717, 1.165) is 29.7 Å². The van der Waals surface area contributed by atoms with Gasteiger partial charge in [0.1, 0.15) is 17.4 Å². The van der Waals surface area contributed by atoms with Gasteiger partial charge in [-0.05, 0) is 66.1 Å². The van der Waals surface area contributed by atoms with Crippen LogP contribution in [0.2, 0.25) is 0 Å². The summed E-state index contributed by atoms with van der Waals surface area (Å²) in [6.07, 6.45) is 2.15. The van der Waals surface area contributed by atoms with E-state index in [2.05, 4.69) is 6.92 Å². The van der Waals surface area contributed by atoms with Gasteiger partial charge in [0.25, 0.3) is 0 Å². The summed E-state index contributed by atoms with van der Waals surface area (Å²) in [5, 5.41) is 0. The maximum Gasteiger partial charge on any atom is 0.233 e. The second-order valence-corrected chi connectivity index (χ2v) is 8.46. The Morgan fingerprint density at radius 2 is 1.47 bits per heavy atom. The smallest absolute Gasteiger partial charge is 0.233 e. The summed E-state index contributed by atoms with van der Waals surface area (Å²) in [4.78, 5) is 27.4. The van der Waals surface area contributed by atoms with Gasteiger partial charge in [-0.25, -0.2) is 8.78 Å². The minimum Gasteiger partial charge on any atom is -0.494 e. The van der Waals surface area contributed by atoms with Crippen molar-refractivity contribution in [3.8, 4) is 5.75 Å². The lowest BCUT2D eigenvalue weighted by Gasteiger charge is -2.48. The van der Waals surface area contributed by atoms with Crippen LogP contribution in [0.15, 0.2) is 72.8 Å². The number of ether oxygens (including phenoxy) is 1. The van der Waals surface area contributed by atoms with Gasteiger partial charge in [0.15, 0.2) is 5.78 Å². The number of hydrogen-bond acceptors (Lipinski definition) is 3. The van der Waals surface area contributed by atoms with Crippen molar-refractivity contribution in [3.05, 3.63) is 101 Å². The molecule has 1 aliphatic heterocycles. The molecule has 0 radical (unpaired) electrons. The second kappa shape index (κ2) is 10.6. The Labute approximate surface area is 198 Å². The number of halogens is 2. The van der Waals surface area contributed by atoms with Crippen LogP contribution in [0.1, 0.15) is 59.6 Å². The first-order valence-corrected chi connectivity index (χ1v) is 11.6. The number of unbranched alkanes of at least 4 members (excludes halogenated alkanes) is 1. The van der Waals surface area contributed by atoms with Crippen molar-refractivity contribution in [3.63, 3.8) is 0 Å². The standard InChI is InChI=1S/C28H27F2NO3/c1-2-3-18-34-24-14-8-21(9-15-24)27-26(20-6-12-23(30)13-7-20)28(33)31(27)17-16-25(32)19-4-10-22(29)11-5-19/h4-15,26-27H,2-3,16-18H2,1H3/t26-,27+/m1/s1. The van der Waals surface area contributed by atoms with E-state index < -0.39 is 11.7 Å². The monoisotopic (exact) mass is 463 g/mol. The Morgan fingerprint density at radius 3 is 2.09 bits per heavy atom. The maximum absolute atomic E-state index is 13.5. The van der Waals surface area contributed by atoms with Gasteiger partial charge in [-0.15, -0.1) is 0 Å². The van der Waals surface area contributed by atoms with E-state index in [-0.39, 0.29) is 36.5 Å². The molecular weight excluding hydrogens is 436 g/mol. The Morgan fingerprint density at radius 1 is 0.882 bits per heavy atom. The number of rotatable bonds is 10. The molecule has 1 aliphatic rings. The molecule has 0 aliphatic carbocycles. The topological polar surface area (TPSA) is 46.6 Å². The number of amides is 1. The number of carbonyl (C=O) groups is 2. The third-order valence-electron chi connectivity index (χ3n) is 6.16. The first-order valence-electron chi connectivity index (χ1n) is 11.6. The Hall–Kier alpha value is -3.54. The highest BCUT2D eigenvalue weighted by molar-refractivity contribution is 5.97. The molecule has 0 saturated carbocycles. The maximum atomic E-state index is 13.5. The van der Waals surface area contributed by atoms with Gasteiger partial charge >= 0.3 is 0 Å². The molecule has 34 heavy (non-hydrogen) atoms. The summed E-state index contributed by atoms with van der Waals surface area (Å²) in [6.45, 7) is 2.99. The second-order valence-electron chi connectivity index (χ2n) is 8.46. The third kappa shape index (κ3) is 5.16. The van der Waals surface area contributed by atoms with E-state index >= 15 is 0 Å². The van der Waals surface area contributed by atoms with Crippen molar-refractivity contribution < 1.29 is 23.1 Å². The normalized spacial score (nSPS) is 17.4. The van der Waals surface area contributed by atoms with E-state index in [1.54, 1.807) is 17.0 Å². The Bertz CT molecular complexity index is 1130. The van der Waals surface area contributed by atoms with Gasteiger partial charge < -0.3 is 9.64 Å². The number of β-lactam (4-membered cyclic amide) rings is 1. The van der Waals surface area contributed by atoms with Crippen molar-refractivity contribution in [2.45, 2.75) is 38.1 Å². The molecule has 1 saturated heterocycles. The highest BCUT2D eigenvalue weighted by atomic mass is 19.1. The van der Waals surface area contributed by atoms with Gasteiger partial charge in [0.2, 0.25) is 5.91 Å². The van der Waals surface area contributed by atoms with Crippen LogP contribution in [0.5, 0.6) is 5.75 Å². The highest BCUT2D eigenvalue weighted by Gasteiger charge is 2.48. The zero-order chi connectivity index (χ0) is 24.1. The minimum atomic E-state index is -0.451. The minimum absolute atomic E-state index is 0.105. The Kier molecular flexibility index (Phi) is 7.36. The molecule has 1 fully saturated rings. The number of benzene rings is 3. The molecule has 3 aromatic carbocycles. The first-order chi connectivity index (χ1) is 16.5. The molecule has 3 aromatic rings. The average Bonchev–Trinajstić information content (AvgIpc) is 2.85. The third-order valence-corrected chi connectivity index (χ3v) is 6.16. The molecule has 0 bridgehead atoms. The van der Waals surface area contributed by atoms with Crippen molar-refractivity contribution in [1.82, 2.24) is 4.90 Å². The van der Waals surface area contributed by atoms with Crippen LogP contribution in [0.4, 0.5) is 8.78 Å². The summed E-state index contributed by atoms with van der Waals surface area (Å²) in [5.74, 6) is -0.711. The average molecular weight is 464 g/mol. The van der Waals surface area contributed by atoms with Gasteiger partial charge in [-0.3, -0.25) is 9.59 Å². The predicted molar refractivity (Wildman–Crippen MR) is 126 cm³/mol. The quantitative estimate of drug-likeness (QED) is 0.208. The number of likely N-dealkylation sites (tertiary alicyclic amines) is 1. The van der Waals surface area contributed by atoms with Crippen LogP contribution in [0.3, 0.4) is 0 Å². The molecule has 4 nitrogen and oxygen atoms in total. The summed E-state index contributed by atoms with van der Waals surface area (Å²) >= 11 is 0. The van der Waals surface area contributed by atoms with Crippen LogP contribution in [0, 0.1) is 11.6 Å². The summed E-state index contributed by atoms with van der Waals surface area (Å²) in [5.41, 5.74) is 2.07. The SMILES string of the molecule is CCCCOc1ccc([C@H]2[C@@H](c3ccc(F)cc3)C(=O)N2CCC(=O)c2ccc(F)cc2)cc1. The number of hydrogen-bond donors (Lipinski definition) is 0. The van der Waals surface area contributed by atoms with Crippen LogP contribution < -0.4 is 4.74 Å².